The van der Waals surface area contributed by atoms with E-state index < -0.39 is 0 Å². The highest BCUT2D eigenvalue weighted by atomic mass is 16.5. The van der Waals surface area contributed by atoms with Gasteiger partial charge in [0.25, 0.3) is 11.8 Å². The summed E-state index contributed by atoms with van der Waals surface area (Å²) >= 11 is 0. The van der Waals surface area contributed by atoms with Crippen molar-refractivity contribution in [3.05, 3.63) is 95.3 Å². The van der Waals surface area contributed by atoms with E-state index in [2.05, 4.69) is 6.92 Å². The van der Waals surface area contributed by atoms with Gasteiger partial charge in [0.2, 0.25) is 5.69 Å². The lowest BCUT2D eigenvalue weighted by molar-refractivity contribution is -0.679. The number of nitrogens with zero attached hydrogens (tertiary/aromatic N) is 2. The van der Waals surface area contributed by atoms with Gasteiger partial charge >= 0.3 is 0 Å². The third-order valence-corrected chi connectivity index (χ3v) is 7.69. The normalized spacial score (nSPS) is 10.9. The molecule has 0 radical (unpaired) electrons. The Balaban J connectivity index is 1.49. The molecule has 0 aliphatic carbocycles. The molecule has 0 fully saturated rings. The second-order valence-corrected chi connectivity index (χ2v) is 11.1. The van der Waals surface area contributed by atoms with E-state index in [1.54, 1.807) is 18.2 Å². The SMILES string of the molecule is CCCCCCCCCCCCCCOc1ccc(C(=O)N(Cc2cccc[n+]2C)C(=O)c2ccccc2)c(C)c1. The standard InChI is InChI=1S/C36H49N2O3/c1-4-5-6-7-8-9-10-11-12-13-14-20-27-41-33-24-25-34(30(2)28-33)36(40)38(29-32-23-18-19-26-37(32)3)35(39)31-21-16-15-17-22-31/h15-19,21-26,28H,4-14,20,27,29H2,1-3H3/q+1. The number of hydrogen-bond donors (Lipinski definition) is 0. The Bertz CT molecular complexity index is 1210. The highest BCUT2D eigenvalue weighted by molar-refractivity contribution is 6.10. The van der Waals surface area contributed by atoms with E-state index in [0.717, 1.165) is 23.4 Å². The van der Waals surface area contributed by atoms with Crippen molar-refractivity contribution in [2.75, 3.05) is 6.61 Å². The number of imide groups is 1. The molecule has 0 saturated carbocycles. The minimum absolute atomic E-state index is 0.181. The van der Waals surface area contributed by atoms with Crippen LogP contribution in [0.4, 0.5) is 0 Å². The molecule has 0 saturated heterocycles. The molecule has 5 heteroatoms. The van der Waals surface area contributed by atoms with Crippen molar-refractivity contribution >= 4 is 11.8 Å². The summed E-state index contributed by atoms with van der Waals surface area (Å²) in [5.41, 5.74) is 2.65. The van der Waals surface area contributed by atoms with E-state index in [0.29, 0.717) is 17.7 Å². The second kappa shape index (κ2) is 18.1. The van der Waals surface area contributed by atoms with Gasteiger partial charge in [0.05, 0.1) is 6.61 Å². The molecule has 0 unspecified atom stereocenters. The summed E-state index contributed by atoms with van der Waals surface area (Å²) in [6.07, 6.45) is 17.7. The number of ether oxygens (including phenoxy) is 1. The molecule has 3 aromatic rings. The predicted molar refractivity (Wildman–Crippen MR) is 166 cm³/mol. The number of rotatable bonds is 18. The smallest absolute Gasteiger partial charge is 0.261 e. The molecule has 0 spiro atoms. The van der Waals surface area contributed by atoms with Crippen LogP contribution >= 0.6 is 0 Å². The monoisotopic (exact) mass is 557 g/mol. The van der Waals surface area contributed by atoms with Crippen molar-refractivity contribution in [1.82, 2.24) is 4.90 Å². The molecule has 0 atom stereocenters. The molecule has 1 heterocycles. The molecule has 41 heavy (non-hydrogen) atoms. The summed E-state index contributed by atoms with van der Waals surface area (Å²) in [7, 11) is 1.92. The highest BCUT2D eigenvalue weighted by Gasteiger charge is 2.28. The van der Waals surface area contributed by atoms with Crippen LogP contribution in [0, 0.1) is 6.92 Å². The quantitative estimate of drug-likeness (QED) is 0.0897. The van der Waals surface area contributed by atoms with Gasteiger partial charge in [-0.15, -0.1) is 0 Å². The summed E-state index contributed by atoms with van der Waals surface area (Å²) in [6.45, 7) is 5.02. The van der Waals surface area contributed by atoms with Crippen molar-refractivity contribution in [1.29, 1.82) is 0 Å². The molecule has 1 aromatic heterocycles. The zero-order chi connectivity index (χ0) is 29.3. The van der Waals surface area contributed by atoms with Crippen LogP contribution in [0.5, 0.6) is 5.75 Å². The van der Waals surface area contributed by atoms with Crippen LogP contribution in [-0.4, -0.2) is 23.3 Å². The molecule has 2 aromatic carbocycles. The van der Waals surface area contributed by atoms with E-state index in [4.69, 9.17) is 4.74 Å². The van der Waals surface area contributed by atoms with Gasteiger partial charge in [0.1, 0.15) is 19.3 Å². The molecular weight excluding hydrogens is 508 g/mol. The summed E-state index contributed by atoms with van der Waals surface area (Å²) in [5.74, 6) is 0.136. The fourth-order valence-corrected chi connectivity index (χ4v) is 5.10. The van der Waals surface area contributed by atoms with Crippen molar-refractivity contribution in [3.8, 4) is 5.75 Å². The zero-order valence-corrected chi connectivity index (χ0v) is 25.4. The Morgan fingerprint density at radius 1 is 0.732 bits per heavy atom. The average Bonchev–Trinajstić information content (AvgIpc) is 2.99. The molecule has 2 amide bonds. The van der Waals surface area contributed by atoms with Crippen LogP contribution < -0.4 is 9.30 Å². The van der Waals surface area contributed by atoms with Crippen LogP contribution in [0.2, 0.25) is 0 Å². The first-order valence-electron chi connectivity index (χ1n) is 15.6. The van der Waals surface area contributed by atoms with Gasteiger partial charge in [0.15, 0.2) is 6.20 Å². The zero-order valence-electron chi connectivity index (χ0n) is 25.4. The summed E-state index contributed by atoms with van der Waals surface area (Å²) in [4.78, 5) is 28.6. The molecule has 0 bridgehead atoms. The van der Waals surface area contributed by atoms with E-state index in [-0.39, 0.29) is 18.4 Å². The van der Waals surface area contributed by atoms with Crippen LogP contribution in [0.3, 0.4) is 0 Å². The van der Waals surface area contributed by atoms with Gasteiger partial charge in [0, 0.05) is 23.3 Å². The van der Waals surface area contributed by atoms with Crippen LogP contribution in [0.15, 0.2) is 72.9 Å². The summed E-state index contributed by atoms with van der Waals surface area (Å²) < 4.78 is 7.94. The number of benzene rings is 2. The largest absolute Gasteiger partial charge is 0.494 e. The molecular formula is C36H49N2O3+. The maximum Gasteiger partial charge on any atom is 0.261 e. The van der Waals surface area contributed by atoms with Crippen molar-refractivity contribution in [3.63, 3.8) is 0 Å². The Hall–Kier alpha value is -3.47. The number of carbonyl (C=O) groups is 2. The van der Waals surface area contributed by atoms with E-state index in [9.17, 15) is 9.59 Å². The second-order valence-electron chi connectivity index (χ2n) is 11.1. The van der Waals surface area contributed by atoms with Gasteiger partial charge < -0.3 is 4.74 Å². The highest BCUT2D eigenvalue weighted by Crippen LogP contribution is 2.21. The lowest BCUT2D eigenvalue weighted by atomic mass is 10.1. The van der Waals surface area contributed by atoms with E-state index in [1.165, 1.54) is 75.5 Å². The van der Waals surface area contributed by atoms with Crippen LogP contribution in [0.25, 0.3) is 0 Å². The Morgan fingerprint density at radius 3 is 1.95 bits per heavy atom. The third-order valence-electron chi connectivity index (χ3n) is 7.69. The van der Waals surface area contributed by atoms with Crippen LogP contribution in [0.1, 0.15) is 116 Å². The first-order valence-corrected chi connectivity index (χ1v) is 15.6. The summed E-state index contributed by atoms with van der Waals surface area (Å²) in [5, 5.41) is 0. The number of hydrogen-bond acceptors (Lipinski definition) is 3. The number of aromatic nitrogens is 1. The fourth-order valence-electron chi connectivity index (χ4n) is 5.10. The van der Waals surface area contributed by atoms with Crippen LogP contribution in [-0.2, 0) is 13.6 Å². The molecule has 3 rings (SSSR count). The number of amides is 2. The van der Waals surface area contributed by atoms with Crippen molar-refractivity contribution in [2.24, 2.45) is 7.05 Å². The topological polar surface area (TPSA) is 50.5 Å². The van der Waals surface area contributed by atoms with E-state index >= 15 is 0 Å². The number of aryl methyl sites for hydroxylation is 2. The maximum absolute atomic E-state index is 13.7. The maximum atomic E-state index is 13.7. The van der Waals surface area contributed by atoms with E-state index in [1.807, 2.05) is 73.3 Å². The predicted octanol–water partition coefficient (Wildman–Crippen LogP) is 8.38. The van der Waals surface area contributed by atoms with Gasteiger partial charge in [-0.1, -0.05) is 102 Å². The van der Waals surface area contributed by atoms with Crippen molar-refractivity contribution in [2.45, 2.75) is 97.4 Å². The first kappa shape index (κ1) is 32.0. The summed E-state index contributed by atoms with van der Waals surface area (Å²) in [6, 6.07) is 20.3. The molecule has 0 aliphatic rings. The lowest BCUT2D eigenvalue weighted by Crippen LogP contribution is -2.42. The van der Waals surface area contributed by atoms with Gasteiger partial charge in [-0.05, 0) is 49.2 Å². The molecule has 5 nitrogen and oxygen atoms in total. The number of carbonyl (C=O) groups excluding carboxylic acids is 2. The van der Waals surface area contributed by atoms with Gasteiger partial charge in [-0.2, -0.15) is 0 Å². The molecule has 0 aliphatic heterocycles. The lowest BCUT2D eigenvalue weighted by Gasteiger charge is -2.21. The number of pyridine rings is 1. The molecule has 0 N–H and O–H groups in total. The van der Waals surface area contributed by atoms with Gasteiger partial charge in [-0.25, -0.2) is 4.57 Å². The minimum Gasteiger partial charge on any atom is -0.494 e. The third kappa shape index (κ3) is 10.8. The minimum atomic E-state index is -0.314. The average molecular weight is 558 g/mol. The van der Waals surface area contributed by atoms with Gasteiger partial charge in [-0.3, -0.25) is 14.5 Å². The first-order chi connectivity index (χ1) is 20.0. The Morgan fingerprint density at radius 2 is 1.34 bits per heavy atom. The Labute approximate surface area is 247 Å². The molecule has 220 valence electrons. The fraction of sp³-hybridized carbons (Fsp3) is 0.472. The van der Waals surface area contributed by atoms with Crippen molar-refractivity contribution < 1.29 is 18.9 Å². The Kier molecular flexibility index (Phi) is 14.1. The number of unbranched alkanes of at least 4 members (excludes halogenated alkanes) is 11.